The Hall–Kier alpha value is -1.81. The van der Waals surface area contributed by atoms with E-state index >= 15 is 0 Å². The SMILES string of the molecule is C=CCN1CCC(NC(=O)OCc2ccccc2)CC1. The molecule has 4 nitrogen and oxygen atoms in total. The molecule has 1 saturated heterocycles. The Balaban J connectivity index is 1.66. The molecule has 0 aliphatic carbocycles. The summed E-state index contributed by atoms with van der Waals surface area (Å²) < 4.78 is 5.23. The van der Waals surface area contributed by atoms with E-state index in [1.165, 1.54) is 0 Å². The summed E-state index contributed by atoms with van der Waals surface area (Å²) in [6.07, 6.45) is 3.53. The minimum atomic E-state index is -0.323. The van der Waals surface area contributed by atoms with Crippen LogP contribution in [0, 0.1) is 0 Å². The predicted molar refractivity (Wildman–Crippen MR) is 79.4 cm³/mol. The van der Waals surface area contributed by atoms with E-state index in [-0.39, 0.29) is 12.1 Å². The van der Waals surface area contributed by atoms with Crippen LogP contribution in [-0.4, -0.2) is 36.7 Å². The first-order valence-electron chi connectivity index (χ1n) is 7.08. The van der Waals surface area contributed by atoms with Crippen molar-refractivity contribution in [1.82, 2.24) is 10.2 Å². The number of ether oxygens (including phenoxy) is 1. The summed E-state index contributed by atoms with van der Waals surface area (Å²) in [6, 6.07) is 9.93. The third kappa shape index (κ3) is 4.70. The number of carbonyl (C=O) groups is 1. The van der Waals surface area contributed by atoms with E-state index in [4.69, 9.17) is 4.74 Å². The maximum atomic E-state index is 11.7. The van der Waals surface area contributed by atoms with Gasteiger partial charge in [-0.05, 0) is 18.4 Å². The number of benzene rings is 1. The molecule has 0 saturated carbocycles. The number of rotatable bonds is 5. The summed E-state index contributed by atoms with van der Waals surface area (Å²) in [5.41, 5.74) is 1.00. The van der Waals surface area contributed by atoms with Crippen LogP contribution in [0.1, 0.15) is 18.4 Å². The molecule has 20 heavy (non-hydrogen) atoms. The van der Waals surface area contributed by atoms with E-state index in [9.17, 15) is 4.79 Å². The summed E-state index contributed by atoms with van der Waals surface area (Å²) in [5, 5.41) is 2.94. The Morgan fingerprint density at radius 1 is 1.35 bits per heavy atom. The number of hydrogen-bond acceptors (Lipinski definition) is 3. The minimum absolute atomic E-state index is 0.222. The Kier molecular flexibility index (Phi) is 5.62. The van der Waals surface area contributed by atoms with E-state index < -0.39 is 0 Å². The molecule has 1 heterocycles. The van der Waals surface area contributed by atoms with E-state index in [0.29, 0.717) is 6.61 Å². The molecular formula is C16H22N2O2. The zero-order valence-electron chi connectivity index (χ0n) is 11.8. The van der Waals surface area contributed by atoms with Gasteiger partial charge in [0.05, 0.1) is 0 Å². The number of nitrogens with one attached hydrogen (secondary N) is 1. The second-order valence-electron chi connectivity index (χ2n) is 5.07. The molecule has 2 rings (SSSR count). The second kappa shape index (κ2) is 7.70. The van der Waals surface area contributed by atoms with Gasteiger partial charge >= 0.3 is 6.09 Å². The summed E-state index contributed by atoms with van der Waals surface area (Å²) >= 11 is 0. The van der Waals surface area contributed by atoms with Gasteiger partial charge < -0.3 is 10.1 Å². The number of amides is 1. The van der Waals surface area contributed by atoms with Crippen LogP contribution in [0.25, 0.3) is 0 Å². The van der Waals surface area contributed by atoms with Crippen LogP contribution in [0.3, 0.4) is 0 Å². The highest BCUT2D eigenvalue weighted by Gasteiger charge is 2.20. The van der Waals surface area contributed by atoms with Crippen molar-refractivity contribution in [2.75, 3.05) is 19.6 Å². The highest BCUT2D eigenvalue weighted by molar-refractivity contribution is 5.67. The van der Waals surface area contributed by atoms with Crippen molar-refractivity contribution in [3.8, 4) is 0 Å². The Morgan fingerprint density at radius 3 is 2.70 bits per heavy atom. The van der Waals surface area contributed by atoms with Gasteiger partial charge in [-0.3, -0.25) is 4.90 Å². The van der Waals surface area contributed by atoms with Gasteiger partial charge in [0, 0.05) is 25.7 Å². The number of alkyl carbamates (subject to hydrolysis) is 1. The first-order valence-corrected chi connectivity index (χ1v) is 7.08. The second-order valence-corrected chi connectivity index (χ2v) is 5.07. The lowest BCUT2D eigenvalue weighted by Crippen LogP contribution is -2.44. The zero-order valence-corrected chi connectivity index (χ0v) is 11.8. The lowest BCUT2D eigenvalue weighted by Gasteiger charge is -2.31. The van der Waals surface area contributed by atoms with Crippen LogP contribution in [0.15, 0.2) is 43.0 Å². The smallest absolute Gasteiger partial charge is 0.407 e. The average Bonchev–Trinajstić information content (AvgIpc) is 2.49. The Labute approximate surface area is 120 Å². The van der Waals surface area contributed by atoms with Gasteiger partial charge in [0.2, 0.25) is 0 Å². The van der Waals surface area contributed by atoms with Gasteiger partial charge in [-0.15, -0.1) is 6.58 Å². The van der Waals surface area contributed by atoms with Gasteiger partial charge in [-0.1, -0.05) is 36.4 Å². The topological polar surface area (TPSA) is 41.6 Å². The average molecular weight is 274 g/mol. The molecule has 0 spiro atoms. The van der Waals surface area contributed by atoms with Gasteiger partial charge in [0.1, 0.15) is 6.61 Å². The van der Waals surface area contributed by atoms with Crippen molar-refractivity contribution in [2.24, 2.45) is 0 Å². The molecule has 1 amide bonds. The number of hydrogen-bond donors (Lipinski definition) is 1. The van der Waals surface area contributed by atoms with Crippen molar-refractivity contribution in [3.05, 3.63) is 48.6 Å². The first kappa shape index (κ1) is 14.6. The van der Waals surface area contributed by atoms with Gasteiger partial charge in [-0.2, -0.15) is 0 Å². The summed E-state index contributed by atoms with van der Waals surface area (Å²) in [4.78, 5) is 14.1. The Bertz CT molecular complexity index is 425. The lowest BCUT2D eigenvalue weighted by molar-refractivity contribution is 0.128. The zero-order chi connectivity index (χ0) is 14.2. The number of likely N-dealkylation sites (tertiary alicyclic amines) is 1. The van der Waals surface area contributed by atoms with Crippen molar-refractivity contribution < 1.29 is 9.53 Å². The molecule has 0 unspecified atom stereocenters. The molecular weight excluding hydrogens is 252 g/mol. The lowest BCUT2D eigenvalue weighted by atomic mass is 10.1. The van der Waals surface area contributed by atoms with E-state index in [1.54, 1.807) is 0 Å². The monoisotopic (exact) mass is 274 g/mol. The van der Waals surface area contributed by atoms with E-state index in [1.807, 2.05) is 36.4 Å². The third-order valence-corrected chi connectivity index (χ3v) is 3.51. The summed E-state index contributed by atoms with van der Waals surface area (Å²) in [6.45, 7) is 6.98. The number of piperidine rings is 1. The van der Waals surface area contributed by atoms with Crippen molar-refractivity contribution in [2.45, 2.75) is 25.5 Å². The summed E-state index contributed by atoms with van der Waals surface area (Å²) in [5.74, 6) is 0. The van der Waals surface area contributed by atoms with Crippen LogP contribution in [0.5, 0.6) is 0 Å². The van der Waals surface area contributed by atoms with Crippen LogP contribution < -0.4 is 5.32 Å². The van der Waals surface area contributed by atoms with Crippen molar-refractivity contribution in [3.63, 3.8) is 0 Å². The molecule has 1 aliphatic heterocycles. The molecule has 0 aromatic heterocycles. The Morgan fingerprint density at radius 2 is 2.05 bits per heavy atom. The molecule has 1 fully saturated rings. The highest BCUT2D eigenvalue weighted by atomic mass is 16.5. The maximum Gasteiger partial charge on any atom is 0.407 e. The van der Waals surface area contributed by atoms with Gasteiger partial charge in [0.15, 0.2) is 0 Å². The third-order valence-electron chi connectivity index (χ3n) is 3.51. The molecule has 1 aliphatic rings. The first-order chi connectivity index (χ1) is 9.78. The molecule has 1 aromatic carbocycles. The normalized spacial score (nSPS) is 16.6. The largest absolute Gasteiger partial charge is 0.445 e. The molecule has 108 valence electrons. The molecule has 1 N–H and O–H groups in total. The fraction of sp³-hybridized carbons (Fsp3) is 0.438. The maximum absolute atomic E-state index is 11.7. The molecule has 0 bridgehead atoms. The van der Waals surface area contributed by atoms with Crippen molar-refractivity contribution >= 4 is 6.09 Å². The summed E-state index contributed by atoms with van der Waals surface area (Å²) in [7, 11) is 0. The molecule has 1 aromatic rings. The highest BCUT2D eigenvalue weighted by Crippen LogP contribution is 2.10. The minimum Gasteiger partial charge on any atom is -0.445 e. The predicted octanol–water partition coefficient (Wildman–Crippen LogP) is 2.56. The van der Waals surface area contributed by atoms with E-state index in [0.717, 1.165) is 38.0 Å². The van der Waals surface area contributed by atoms with Crippen molar-refractivity contribution in [1.29, 1.82) is 0 Å². The quantitative estimate of drug-likeness (QED) is 0.839. The fourth-order valence-electron chi connectivity index (χ4n) is 2.37. The van der Waals surface area contributed by atoms with Crippen LogP contribution in [-0.2, 0) is 11.3 Å². The van der Waals surface area contributed by atoms with Gasteiger partial charge in [0.25, 0.3) is 0 Å². The molecule has 0 atom stereocenters. The molecule has 4 heteroatoms. The van der Waals surface area contributed by atoms with Crippen LogP contribution in [0.4, 0.5) is 4.79 Å². The van der Waals surface area contributed by atoms with Crippen LogP contribution in [0.2, 0.25) is 0 Å². The standard InChI is InChI=1S/C16H22N2O2/c1-2-10-18-11-8-15(9-12-18)17-16(19)20-13-14-6-4-3-5-7-14/h2-7,15H,1,8-13H2,(H,17,19). The number of nitrogens with zero attached hydrogens (tertiary/aromatic N) is 1. The fourth-order valence-corrected chi connectivity index (χ4v) is 2.37. The van der Waals surface area contributed by atoms with Crippen LogP contribution >= 0.6 is 0 Å². The van der Waals surface area contributed by atoms with E-state index in [2.05, 4.69) is 16.8 Å². The molecule has 0 radical (unpaired) electrons. The number of carbonyl (C=O) groups excluding carboxylic acids is 1. The van der Waals surface area contributed by atoms with Gasteiger partial charge in [-0.25, -0.2) is 4.79 Å².